The number of rotatable bonds is 5. The van der Waals surface area contributed by atoms with Crippen molar-refractivity contribution in [2.75, 3.05) is 0 Å². The standard InChI is InChI=1S/C28H26BO3/c1-16-14-22-18(3)19(4)26(21-11-7-6-8-12-21)32-27(22)23(15-16)20(5)29-24-13-9-10-17(2)25(24)28(30)31/h6-15,20H,3H2,1-2,4-5H3,(H,30,31). The second kappa shape index (κ2) is 8.54. The number of aromatic carboxylic acids is 1. The molecule has 1 atom stereocenters. The Kier molecular flexibility index (Phi) is 5.79. The van der Waals surface area contributed by atoms with E-state index >= 15 is 0 Å². The fraction of sp³-hybridized carbons (Fsp3) is 0.179. The zero-order chi connectivity index (χ0) is 23.0. The number of benzene rings is 3. The van der Waals surface area contributed by atoms with Crippen molar-refractivity contribution >= 4 is 30.0 Å². The Bertz CT molecular complexity index is 1260. The highest BCUT2D eigenvalue weighted by atomic mass is 16.5. The van der Waals surface area contributed by atoms with Gasteiger partial charge in [-0.2, -0.15) is 0 Å². The zero-order valence-corrected chi connectivity index (χ0v) is 18.9. The average molecular weight is 421 g/mol. The SMILES string of the molecule is C=C1C(C)=C(c2ccccc2)Oc2c1cc(C)cc2C(C)[B]c1cccc(C)c1C(=O)O. The van der Waals surface area contributed by atoms with Gasteiger partial charge in [0.15, 0.2) is 7.28 Å². The van der Waals surface area contributed by atoms with Crippen LogP contribution in [0.25, 0.3) is 11.3 Å². The molecule has 159 valence electrons. The fourth-order valence-electron chi connectivity index (χ4n) is 4.34. The van der Waals surface area contributed by atoms with Crippen LogP contribution < -0.4 is 10.2 Å². The first-order valence-corrected chi connectivity index (χ1v) is 10.7. The lowest BCUT2D eigenvalue weighted by Crippen LogP contribution is -2.28. The molecule has 3 aromatic carbocycles. The number of carboxylic acid groups (broad SMARTS) is 1. The van der Waals surface area contributed by atoms with Crippen LogP contribution >= 0.6 is 0 Å². The molecule has 0 spiro atoms. The van der Waals surface area contributed by atoms with Gasteiger partial charge in [-0.1, -0.05) is 73.6 Å². The van der Waals surface area contributed by atoms with E-state index in [0.29, 0.717) is 11.0 Å². The second-order valence-electron chi connectivity index (χ2n) is 8.43. The summed E-state index contributed by atoms with van der Waals surface area (Å²) in [6.07, 6.45) is 0. The van der Waals surface area contributed by atoms with E-state index in [2.05, 4.69) is 32.6 Å². The topological polar surface area (TPSA) is 46.5 Å². The summed E-state index contributed by atoms with van der Waals surface area (Å²) in [4.78, 5) is 11.9. The highest BCUT2D eigenvalue weighted by Gasteiger charge is 2.27. The Morgan fingerprint density at radius 2 is 1.75 bits per heavy atom. The molecular formula is C28H26BO3. The van der Waals surface area contributed by atoms with E-state index in [1.165, 1.54) is 0 Å². The van der Waals surface area contributed by atoms with E-state index < -0.39 is 5.97 Å². The highest BCUT2D eigenvalue weighted by molar-refractivity contribution is 6.57. The van der Waals surface area contributed by atoms with Crippen molar-refractivity contribution in [3.63, 3.8) is 0 Å². The van der Waals surface area contributed by atoms with Crippen LogP contribution in [0.3, 0.4) is 0 Å². The molecule has 3 nitrogen and oxygen atoms in total. The Morgan fingerprint density at radius 3 is 2.44 bits per heavy atom. The van der Waals surface area contributed by atoms with E-state index in [9.17, 15) is 9.90 Å². The molecule has 0 saturated heterocycles. The largest absolute Gasteiger partial charge is 0.478 e. The first-order valence-electron chi connectivity index (χ1n) is 10.7. The Morgan fingerprint density at radius 1 is 1.03 bits per heavy atom. The monoisotopic (exact) mass is 421 g/mol. The number of allylic oxidation sites excluding steroid dienone is 2. The normalized spacial score (nSPS) is 13.9. The Labute approximate surface area is 190 Å². The van der Waals surface area contributed by atoms with Crippen LogP contribution in [0, 0.1) is 13.8 Å². The molecule has 4 heteroatoms. The lowest BCUT2D eigenvalue weighted by Gasteiger charge is -2.28. The minimum Gasteiger partial charge on any atom is -0.478 e. The minimum absolute atomic E-state index is 0.0632. The number of aryl methyl sites for hydroxylation is 2. The van der Waals surface area contributed by atoms with Crippen LogP contribution in [-0.4, -0.2) is 18.4 Å². The second-order valence-corrected chi connectivity index (χ2v) is 8.43. The molecule has 1 aliphatic heterocycles. The smallest absolute Gasteiger partial charge is 0.335 e. The molecule has 0 aromatic heterocycles. The molecule has 4 rings (SSSR count). The van der Waals surface area contributed by atoms with Gasteiger partial charge in [-0.3, -0.25) is 0 Å². The summed E-state index contributed by atoms with van der Waals surface area (Å²) < 4.78 is 6.53. The minimum atomic E-state index is -0.914. The summed E-state index contributed by atoms with van der Waals surface area (Å²) in [7, 11) is 2.00. The van der Waals surface area contributed by atoms with Gasteiger partial charge in [0.1, 0.15) is 11.5 Å². The van der Waals surface area contributed by atoms with E-state index in [1.807, 2.05) is 69.7 Å². The van der Waals surface area contributed by atoms with E-state index in [-0.39, 0.29) is 5.82 Å². The van der Waals surface area contributed by atoms with Gasteiger partial charge in [0, 0.05) is 11.1 Å². The maximum absolute atomic E-state index is 11.9. The molecule has 0 amide bonds. The van der Waals surface area contributed by atoms with Crippen molar-refractivity contribution in [2.45, 2.75) is 33.5 Å². The molecule has 1 heterocycles. The van der Waals surface area contributed by atoms with Gasteiger partial charge in [0.25, 0.3) is 0 Å². The number of fused-ring (bicyclic) bond motifs is 1. The molecular weight excluding hydrogens is 395 g/mol. The molecule has 1 N–H and O–H groups in total. The van der Waals surface area contributed by atoms with Crippen molar-refractivity contribution in [1.82, 2.24) is 0 Å². The molecule has 0 fully saturated rings. The third kappa shape index (κ3) is 3.89. The van der Waals surface area contributed by atoms with Gasteiger partial charge in [-0.15, -0.1) is 0 Å². The van der Waals surface area contributed by atoms with Crippen LogP contribution in [0.1, 0.15) is 57.8 Å². The first-order chi connectivity index (χ1) is 15.3. The summed E-state index contributed by atoms with van der Waals surface area (Å²) in [6.45, 7) is 12.4. The molecule has 0 saturated carbocycles. The molecule has 1 radical (unpaired) electrons. The maximum Gasteiger partial charge on any atom is 0.335 e. The highest BCUT2D eigenvalue weighted by Crippen LogP contribution is 2.45. The molecule has 1 aliphatic rings. The number of hydrogen-bond acceptors (Lipinski definition) is 2. The van der Waals surface area contributed by atoms with Crippen LogP contribution in [0.4, 0.5) is 0 Å². The fourth-order valence-corrected chi connectivity index (χ4v) is 4.34. The molecule has 0 bridgehead atoms. The predicted molar refractivity (Wildman–Crippen MR) is 132 cm³/mol. The Balaban J connectivity index is 1.78. The summed E-state index contributed by atoms with van der Waals surface area (Å²) in [5.74, 6) is 0.620. The molecule has 0 aliphatic carbocycles. The van der Waals surface area contributed by atoms with Crippen LogP contribution in [0.15, 0.2) is 72.8 Å². The number of ether oxygens (including phenoxy) is 1. The van der Waals surface area contributed by atoms with Crippen molar-refractivity contribution in [3.8, 4) is 5.75 Å². The summed E-state index contributed by atoms with van der Waals surface area (Å²) in [6, 6.07) is 19.8. The third-order valence-electron chi connectivity index (χ3n) is 6.06. The van der Waals surface area contributed by atoms with Crippen molar-refractivity contribution in [1.29, 1.82) is 0 Å². The van der Waals surface area contributed by atoms with E-state index in [4.69, 9.17) is 4.74 Å². The van der Waals surface area contributed by atoms with Gasteiger partial charge in [0.05, 0.1) is 5.56 Å². The quantitative estimate of drug-likeness (QED) is 0.520. The molecule has 1 unspecified atom stereocenters. The van der Waals surface area contributed by atoms with Crippen LogP contribution in [0.2, 0.25) is 0 Å². The van der Waals surface area contributed by atoms with Crippen LogP contribution in [-0.2, 0) is 0 Å². The maximum atomic E-state index is 11.9. The van der Waals surface area contributed by atoms with Gasteiger partial charge in [-0.05, 0) is 60.5 Å². The number of carbonyl (C=O) groups is 1. The lowest BCUT2D eigenvalue weighted by molar-refractivity contribution is 0.0697. The van der Waals surface area contributed by atoms with E-state index in [1.54, 1.807) is 0 Å². The van der Waals surface area contributed by atoms with Gasteiger partial charge in [0.2, 0.25) is 0 Å². The Hall–Kier alpha value is -3.53. The van der Waals surface area contributed by atoms with Gasteiger partial charge >= 0.3 is 5.97 Å². The third-order valence-corrected chi connectivity index (χ3v) is 6.06. The number of carboxylic acids is 1. The molecule has 3 aromatic rings. The average Bonchev–Trinajstić information content (AvgIpc) is 2.76. The van der Waals surface area contributed by atoms with Crippen LogP contribution in [0.5, 0.6) is 5.75 Å². The lowest BCUT2D eigenvalue weighted by atomic mass is 9.55. The zero-order valence-electron chi connectivity index (χ0n) is 18.9. The van der Waals surface area contributed by atoms with Crippen molar-refractivity contribution in [2.24, 2.45) is 0 Å². The molecule has 32 heavy (non-hydrogen) atoms. The summed E-state index contributed by atoms with van der Waals surface area (Å²) in [5, 5.41) is 9.73. The number of hydrogen-bond donors (Lipinski definition) is 1. The van der Waals surface area contributed by atoms with E-state index in [0.717, 1.165) is 50.5 Å². The van der Waals surface area contributed by atoms with Crippen molar-refractivity contribution in [3.05, 3.63) is 106 Å². The van der Waals surface area contributed by atoms with Crippen molar-refractivity contribution < 1.29 is 14.6 Å². The summed E-state index contributed by atoms with van der Waals surface area (Å²) in [5.41, 5.74) is 7.89. The van der Waals surface area contributed by atoms with Gasteiger partial charge < -0.3 is 9.84 Å². The van der Waals surface area contributed by atoms with Gasteiger partial charge in [-0.25, -0.2) is 4.79 Å². The first kappa shape index (κ1) is 21.7. The predicted octanol–water partition coefficient (Wildman–Crippen LogP) is 5.93. The summed E-state index contributed by atoms with van der Waals surface area (Å²) >= 11 is 0.